The molecule has 0 radical (unpaired) electrons. The normalized spacial score (nSPS) is 10.1. The summed E-state index contributed by atoms with van der Waals surface area (Å²) in [5, 5.41) is 8.81. The fourth-order valence-corrected chi connectivity index (χ4v) is 1.45. The number of benzene rings is 2. The van der Waals surface area contributed by atoms with Crippen molar-refractivity contribution in [3.63, 3.8) is 0 Å². The summed E-state index contributed by atoms with van der Waals surface area (Å²) in [6.45, 7) is 0. The quantitative estimate of drug-likeness (QED) is 0.818. The third-order valence-electron chi connectivity index (χ3n) is 2.32. The number of nitrogen functional groups attached to an aromatic ring is 1. The van der Waals surface area contributed by atoms with Crippen molar-refractivity contribution in [2.75, 3.05) is 5.73 Å². The second kappa shape index (κ2) is 4.75. The Morgan fingerprint density at radius 1 is 1.22 bits per heavy atom. The summed E-state index contributed by atoms with van der Waals surface area (Å²) in [7, 11) is 0. The first-order chi connectivity index (χ1) is 8.58. The molecule has 2 aromatic carbocycles. The van der Waals surface area contributed by atoms with Crippen LogP contribution in [0.2, 0.25) is 0 Å². The Morgan fingerprint density at radius 3 is 2.56 bits per heavy atom. The predicted octanol–water partition coefficient (Wildman–Crippen LogP) is 2.90. The van der Waals surface area contributed by atoms with E-state index < -0.39 is 11.8 Å². The molecule has 18 heavy (non-hydrogen) atoms. The minimum Gasteiger partial charge on any atom is -0.478 e. The molecule has 0 heterocycles. The molecule has 2 rings (SSSR count). The van der Waals surface area contributed by atoms with Gasteiger partial charge in [-0.2, -0.15) is 0 Å². The first kappa shape index (κ1) is 11.9. The Kier molecular flexibility index (Phi) is 3.14. The van der Waals surface area contributed by atoms with Crippen LogP contribution in [0.15, 0.2) is 42.5 Å². The highest BCUT2D eigenvalue weighted by Gasteiger charge is 2.10. The van der Waals surface area contributed by atoms with Gasteiger partial charge < -0.3 is 15.6 Å². The summed E-state index contributed by atoms with van der Waals surface area (Å²) in [5.74, 6) is -1.29. The fourth-order valence-electron chi connectivity index (χ4n) is 1.45. The number of carbonyl (C=O) groups is 1. The summed E-state index contributed by atoms with van der Waals surface area (Å²) in [4.78, 5) is 10.8. The standard InChI is InChI=1S/C13H10FNO3/c14-10-3-1-2-4-12(10)18-8-5-6-9(13(16)17)11(15)7-8/h1-7H,15H2,(H,16,17). The minimum atomic E-state index is -1.12. The second-order valence-electron chi connectivity index (χ2n) is 3.59. The molecule has 4 nitrogen and oxygen atoms in total. The molecule has 0 spiro atoms. The molecule has 0 amide bonds. The molecule has 2 aromatic rings. The summed E-state index contributed by atoms with van der Waals surface area (Å²) < 4.78 is 18.6. The highest BCUT2D eigenvalue weighted by Crippen LogP contribution is 2.27. The van der Waals surface area contributed by atoms with Crippen molar-refractivity contribution in [3.05, 3.63) is 53.8 Å². The Hall–Kier alpha value is -2.56. The molecular weight excluding hydrogens is 237 g/mol. The molecular formula is C13H10FNO3. The number of carboxylic acid groups (broad SMARTS) is 1. The van der Waals surface area contributed by atoms with Crippen molar-refractivity contribution in [1.29, 1.82) is 0 Å². The van der Waals surface area contributed by atoms with Gasteiger partial charge in [-0.05, 0) is 24.3 Å². The molecule has 3 N–H and O–H groups in total. The highest BCUT2D eigenvalue weighted by atomic mass is 19.1. The number of anilines is 1. The van der Waals surface area contributed by atoms with E-state index in [0.29, 0.717) is 0 Å². The van der Waals surface area contributed by atoms with Crippen LogP contribution in [0.5, 0.6) is 11.5 Å². The van der Waals surface area contributed by atoms with Gasteiger partial charge in [-0.1, -0.05) is 12.1 Å². The highest BCUT2D eigenvalue weighted by molar-refractivity contribution is 5.93. The van der Waals surface area contributed by atoms with Gasteiger partial charge in [0.15, 0.2) is 11.6 Å². The van der Waals surface area contributed by atoms with Crippen molar-refractivity contribution in [2.45, 2.75) is 0 Å². The molecule has 0 aromatic heterocycles. The predicted molar refractivity (Wildman–Crippen MR) is 64.3 cm³/mol. The first-order valence-corrected chi connectivity index (χ1v) is 5.13. The zero-order valence-corrected chi connectivity index (χ0v) is 9.26. The lowest BCUT2D eigenvalue weighted by atomic mass is 10.2. The molecule has 5 heteroatoms. The topological polar surface area (TPSA) is 72.5 Å². The van der Waals surface area contributed by atoms with Crippen LogP contribution in [0.1, 0.15) is 10.4 Å². The third-order valence-corrected chi connectivity index (χ3v) is 2.32. The third kappa shape index (κ3) is 2.40. The van der Waals surface area contributed by atoms with E-state index in [1.165, 1.54) is 30.3 Å². The average molecular weight is 247 g/mol. The molecule has 0 aliphatic carbocycles. The van der Waals surface area contributed by atoms with Gasteiger partial charge in [0.05, 0.1) is 5.56 Å². The van der Waals surface area contributed by atoms with E-state index in [9.17, 15) is 9.18 Å². The van der Waals surface area contributed by atoms with E-state index >= 15 is 0 Å². The molecule has 92 valence electrons. The van der Waals surface area contributed by atoms with Crippen molar-refractivity contribution >= 4 is 11.7 Å². The van der Waals surface area contributed by atoms with Crippen LogP contribution in [0, 0.1) is 5.82 Å². The maximum atomic E-state index is 13.3. The summed E-state index contributed by atoms with van der Waals surface area (Å²) in [5.41, 5.74) is 5.61. The SMILES string of the molecule is Nc1cc(Oc2ccccc2F)ccc1C(=O)O. The van der Waals surface area contributed by atoms with Crippen LogP contribution in [0.25, 0.3) is 0 Å². The lowest BCUT2D eigenvalue weighted by Gasteiger charge is -2.08. The molecule has 0 bridgehead atoms. The number of carboxylic acids is 1. The van der Waals surface area contributed by atoms with E-state index in [0.717, 1.165) is 0 Å². The number of hydrogen-bond donors (Lipinski definition) is 2. The summed E-state index contributed by atoms with van der Waals surface area (Å²) in [6, 6.07) is 9.99. The number of para-hydroxylation sites is 1. The van der Waals surface area contributed by atoms with Gasteiger partial charge in [-0.15, -0.1) is 0 Å². The van der Waals surface area contributed by atoms with Gasteiger partial charge in [-0.3, -0.25) is 0 Å². The summed E-state index contributed by atoms with van der Waals surface area (Å²) >= 11 is 0. The Bertz CT molecular complexity index is 599. The molecule has 0 saturated carbocycles. The fraction of sp³-hybridized carbons (Fsp3) is 0. The molecule has 0 aliphatic rings. The number of hydrogen-bond acceptors (Lipinski definition) is 3. The van der Waals surface area contributed by atoms with Gasteiger partial charge >= 0.3 is 5.97 Å². The number of aromatic carboxylic acids is 1. The molecule has 0 fully saturated rings. The van der Waals surface area contributed by atoms with Gasteiger partial charge in [0.1, 0.15) is 5.75 Å². The van der Waals surface area contributed by atoms with E-state index in [4.69, 9.17) is 15.6 Å². The zero-order valence-electron chi connectivity index (χ0n) is 9.26. The lowest BCUT2D eigenvalue weighted by Crippen LogP contribution is -2.02. The largest absolute Gasteiger partial charge is 0.478 e. The van der Waals surface area contributed by atoms with Crippen LogP contribution in [-0.2, 0) is 0 Å². The monoisotopic (exact) mass is 247 g/mol. The Labute approximate surface area is 102 Å². The van der Waals surface area contributed by atoms with Crippen molar-refractivity contribution in [1.82, 2.24) is 0 Å². The molecule has 0 atom stereocenters. The van der Waals surface area contributed by atoms with Crippen LogP contribution < -0.4 is 10.5 Å². The maximum Gasteiger partial charge on any atom is 0.337 e. The van der Waals surface area contributed by atoms with Crippen LogP contribution in [-0.4, -0.2) is 11.1 Å². The van der Waals surface area contributed by atoms with Crippen molar-refractivity contribution in [2.24, 2.45) is 0 Å². The number of nitrogens with two attached hydrogens (primary N) is 1. The van der Waals surface area contributed by atoms with Crippen molar-refractivity contribution in [3.8, 4) is 11.5 Å². The minimum absolute atomic E-state index is 0.0177. The number of halogens is 1. The number of ether oxygens (including phenoxy) is 1. The Balaban J connectivity index is 2.29. The zero-order chi connectivity index (χ0) is 13.1. The maximum absolute atomic E-state index is 13.3. The first-order valence-electron chi connectivity index (χ1n) is 5.13. The van der Waals surface area contributed by atoms with Gasteiger partial charge in [0, 0.05) is 11.8 Å². The van der Waals surface area contributed by atoms with E-state index in [1.807, 2.05) is 0 Å². The van der Waals surface area contributed by atoms with Gasteiger partial charge in [0.25, 0.3) is 0 Å². The van der Waals surface area contributed by atoms with E-state index in [-0.39, 0.29) is 22.7 Å². The smallest absolute Gasteiger partial charge is 0.337 e. The molecule has 0 unspecified atom stereocenters. The second-order valence-corrected chi connectivity index (χ2v) is 3.59. The number of rotatable bonds is 3. The van der Waals surface area contributed by atoms with Crippen LogP contribution in [0.4, 0.5) is 10.1 Å². The van der Waals surface area contributed by atoms with Gasteiger partial charge in [0.2, 0.25) is 0 Å². The Morgan fingerprint density at radius 2 is 1.94 bits per heavy atom. The lowest BCUT2D eigenvalue weighted by molar-refractivity contribution is 0.0698. The molecule has 0 aliphatic heterocycles. The van der Waals surface area contributed by atoms with Crippen LogP contribution >= 0.6 is 0 Å². The summed E-state index contributed by atoms with van der Waals surface area (Å²) in [6.07, 6.45) is 0. The van der Waals surface area contributed by atoms with E-state index in [1.54, 1.807) is 12.1 Å². The average Bonchev–Trinajstić information content (AvgIpc) is 2.32. The van der Waals surface area contributed by atoms with Crippen LogP contribution in [0.3, 0.4) is 0 Å². The van der Waals surface area contributed by atoms with Crippen molar-refractivity contribution < 1.29 is 19.0 Å². The van der Waals surface area contributed by atoms with Gasteiger partial charge in [-0.25, -0.2) is 9.18 Å². The van der Waals surface area contributed by atoms with E-state index in [2.05, 4.69) is 0 Å². The molecule has 0 saturated heterocycles.